The fourth-order valence-corrected chi connectivity index (χ4v) is 4.09. The van der Waals surface area contributed by atoms with Crippen LogP contribution in [0.3, 0.4) is 0 Å². The third-order valence-electron chi connectivity index (χ3n) is 5.59. The molecule has 0 aromatic rings. The van der Waals surface area contributed by atoms with E-state index in [9.17, 15) is 25.2 Å². The molecule has 0 radical (unpaired) electrons. The Kier molecular flexibility index (Phi) is 6.98. The normalized spacial score (nSPS) is 38.8. The monoisotopic (exact) mass is 372 g/mol. The van der Waals surface area contributed by atoms with Gasteiger partial charge < -0.3 is 29.9 Å². The van der Waals surface area contributed by atoms with E-state index in [1.165, 1.54) is 0 Å². The Morgan fingerprint density at radius 3 is 2.50 bits per heavy atom. The average Bonchev–Trinajstić information content (AvgIpc) is 2.53. The van der Waals surface area contributed by atoms with Gasteiger partial charge in [-0.05, 0) is 44.1 Å². The van der Waals surface area contributed by atoms with Gasteiger partial charge in [0, 0.05) is 6.42 Å². The molecule has 150 valence electrons. The highest BCUT2D eigenvalue weighted by atomic mass is 16.7. The minimum Gasteiger partial charge on any atom is -0.394 e. The van der Waals surface area contributed by atoms with Gasteiger partial charge in [0.2, 0.25) is 0 Å². The molecular weight excluding hydrogens is 340 g/mol. The van der Waals surface area contributed by atoms with Gasteiger partial charge in [-0.25, -0.2) is 0 Å². The first-order valence-corrected chi connectivity index (χ1v) is 9.23. The molecule has 0 bridgehead atoms. The molecule has 1 aliphatic heterocycles. The smallest absolute Gasteiger partial charge is 0.186 e. The Morgan fingerprint density at radius 2 is 1.92 bits per heavy atom. The first-order valence-electron chi connectivity index (χ1n) is 9.23. The fraction of sp³-hybridized carbons (Fsp3) is 0.842. The van der Waals surface area contributed by atoms with E-state index in [2.05, 4.69) is 13.8 Å². The second kappa shape index (κ2) is 8.46. The molecule has 4 N–H and O–H groups in total. The second-order valence-corrected chi connectivity index (χ2v) is 8.29. The van der Waals surface area contributed by atoms with Gasteiger partial charge in [0.15, 0.2) is 12.1 Å². The number of carbonyl (C=O) groups is 1. The third-order valence-corrected chi connectivity index (χ3v) is 5.59. The summed E-state index contributed by atoms with van der Waals surface area (Å²) in [6.45, 7) is 7.53. The summed E-state index contributed by atoms with van der Waals surface area (Å²) in [6, 6.07) is 0. The van der Waals surface area contributed by atoms with Crippen LogP contribution in [0.1, 0.15) is 47.0 Å². The Hall–Kier alpha value is -0.830. The number of aliphatic hydroxyl groups excluding tert-OH is 4. The van der Waals surface area contributed by atoms with Crippen molar-refractivity contribution in [1.29, 1.82) is 0 Å². The zero-order valence-electron chi connectivity index (χ0n) is 16.0. The second-order valence-electron chi connectivity index (χ2n) is 8.29. The highest BCUT2D eigenvalue weighted by Gasteiger charge is 2.44. The fourth-order valence-electron chi connectivity index (χ4n) is 4.09. The van der Waals surface area contributed by atoms with Gasteiger partial charge in [-0.1, -0.05) is 19.4 Å². The number of allylic oxidation sites excluding steroid dienone is 2. The number of ether oxygens (including phenoxy) is 2. The molecule has 7 atom stereocenters. The van der Waals surface area contributed by atoms with E-state index in [1.807, 2.05) is 13.8 Å². The van der Waals surface area contributed by atoms with Gasteiger partial charge in [-0.2, -0.15) is 0 Å². The van der Waals surface area contributed by atoms with Crippen LogP contribution in [0.25, 0.3) is 0 Å². The number of hydrogen-bond donors (Lipinski definition) is 4. The van der Waals surface area contributed by atoms with Crippen LogP contribution in [0.2, 0.25) is 0 Å². The van der Waals surface area contributed by atoms with Gasteiger partial charge in [-0.3, -0.25) is 4.79 Å². The van der Waals surface area contributed by atoms with E-state index in [-0.39, 0.29) is 23.2 Å². The summed E-state index contributed by atoms with van der Waals surface area (Å²) >= 11 is 0. The molecule has 0 aromatic carbocycles. The highest BCUT2D eigenvalue weighted by Crippen LogP contribution is 2.42. The highest BCUT2D eigenvalue weighted by molar-refractivity contribution is 5.91. The van der Waals surface area contributed by atoms with Crippen LogP contribution in [-0.4, -0.2) is 69.6 Å². The molecule has 7 heteroatoms. The number of carbonyl (C=O) groups excluding carboxylic acids is 1. The molecule has 2 aliphatic rings. The third kappa shape index (κ3) is 4.71. The molecule has 2 rings (SSSR count). The zero-order valence-corrected chi connectivity index (χ0v) is 16.0. The van der Waals surface area contributed by atoms with Crippen LogP contribution in [0.15, 0.2) is 11.6 Å². The number of ketones is 1. The van der Waals surface area contributed by atoms with Crippen molar-refractivity contribution in [3.8, 4) is 0 Å². The molecule has 1 aliphatic carbocycles. The lowest BCUT2D eigenvalue weighted by molar-refractivity contribution is -0.310. The van der Waals surface area contributed by atoms with E-state index in [4.69, 9.17) is 9.47 Å². The summed E-state index contributed by atoms with van der Waals surface area (Å²) in [6.07, 6.45) is -2.82. The topological polar surface area (TPSA) is 116 Å². The number of aliphatic hydroxyl groups is 4. The van der Waals surface area contributed by atoms with Crippen molar-refractivity contribution in [2.75, 3.05) is 6.61 Å². The minimum absolute atomic E-state index is 0.112. The summed E-state index contributed by atoms with van der Waals surface area (Å²) in [5.41, 5.74) is 0.963. The maximum Gasteiger partial charge on any atom is 0.186 e. The maximum absolute atomic E-state index is 11.8. The van der Waals surface area contributed by atoms with Crippen molar-refractivity contribution in [1.82, 2.24) is 0 Å². The Bertz CT molecular complexity index is 528. The Balaban J connectivity index is 1.93. The lowest BCUT2D eigenvalue weighted by atomic mass is 9.66. The molecule has 0 saturated carbocycles. The van der Waals surface area contributed by atoms with Crippen LogP contribution >= 0.6 is 0 Å². The quantitative estimate of drug-likeness (QED) is 0.537. The van der Waals surface area contributed by atoms with E-state index < -0.39 is 37.3 Å². The summed E-state index contributed by atoms with van der Waals surface area (Å²) in [7, 11) is 0. The first kappa shape index (κ1) is 21.5. The predicted octanol–water partition coefficient (Wildman–Crippen LogP) is 0.533. The largest absolute Gasteiger partial charge is 0.394 e. The Morgan fingerprint density at radius 1 is 1.27 bits per heavy atom. The maximum atomic E-state index is 11.8. The van der Waals surface area contributed by atoms with E-state index in [0.29, 0.717) is 12.8 Å². The van der Waals surface area contributed by atoms with Gasteiger partial charge in [0.25, 0.3) is 0 Å². The van der Waals surface area contributed by atoms with E-state index >= 15 is 0 Å². The van der Waals surface area contributed by atoms with Gasteiger partial charge in [0.1, 0.15) is 24.4 Å². The van der Waals surface area contributed by atoms with Crippen molar-refractivity contribution in [2.24, 2.45) is 11.3 Å². The summed E-state index contributed by atoms with van der Waals surface area (Å²) in [5.74, 6) is 0.426. The molecule has 0 amide bonds. The molecule has 1 heterocycles. The van der Waals surface area contributed by atoms with Crippen molar-refractivity contribution >= 4 is 5.78 Å². The summed E-state index contributed by atoms with van der Waals surface area (Å²) in [5, 5.41) is 38.9. The van der Waals surface area contributed by atoms with Crippen LogP contribution in [0.4, 0.5) is 0 Å². The van der Waals surface area contributed by atoms with Crippen molar-refractivity contribution in [3.63, 3.8) is 0 Å². The molecule has 7 nitrogen and oxygen atoms in total. The van der Waals surface area contributed by atoms with Gasteiger partial charge in [-0.15, -0.1) is 0 Å². The van der Waals surface area contributed by atoms with Crippen LogP contribution < -0.4 is 0 Å². The summed E-state index contributed by atoms with van der Waals surface area (Å²) < 4.78 is 11.1. The SMILES string of the molecule is CC1=CC(=O)CC(C)(C)[C@H]1CC[C@@H](C)O[C@H]1O[C@@H](CO)[C@H](O)[C@@H](O)[C@@H]1O. The molecule has 1 fully saturated rings. The molecule has 0 aromatic heterocycles. The molecular formula is C19H32O7. The van der Waals surface area contributed by atoms with Crippen molar-refractivity contribution < 1.29 is 34.7 Å². The van der Waals surface area contributed by atoms with E-state index in [1.54, 1.807) is 6.08 Å². The van der Waals surface area contributed by atoms with Crippen molar-refractivity contribution in [2.45, 2.75) is 83.8 Å². The average molecular weight is 372 g/mol. The zero-order chi connectivity index (χ0) is 19.6. The lowest BCUT2D eigenvalue weighted by Gasteiger charge is -2.41. The van der Waals surface area contributed by atoms with Gasteiger partial charge in [0.05, 0.1) is 12.7 Å². The molecule has 26 heavy (non-hydrogen) atoms. The first-order chi connectivity index (χ1) is 12.1. The summed E-state index contributed by atoms with van der Waals surface area (Å²) in [4.78, 5) is 11.8. The van der Waals surface area contributed by atoms with E-state index in [0.717, 1.165) is 12.0 Å². The van der Waals surface area contributed by atoms with Gasteiger partial charge >= 0.3 is 0 Å². The molecule has 0 unspecified atom stereocenters. The van der Waals surface area contributed by atoms with Crippen molar-refractivity contribution in [3.05, 3.63) is 11.6 Å². The standard InChI is InChI=1S/C19H32O7/c1-10-7-12(21)8-19(3,4)13(10)6-5-11(2)25-18-17(24)16(23)15(22)14(9-20)26-18/h7,11,13-18,20,22-24H,5-6,8-9H2,1-4H3/t11-,13+,14+,15+,16-,17+,18+/m1/s1. The number of hydrogen-bond acceptors (Lipinski definition) is 7. The van der Waals surface area contributed by atoms with Crippen LogP contribution in [0, 0.1) is 11.3 Å². The minimum atomic E-state index is -1.44. The molecule has 1 saturated heterocycles. The number of rotatable bonds is 6. The van der Waals surface area contributed by atoms with Crippen LogP contribution in [-0.2, 0) is 14.3 Å². The lowest BCUT2D eigenvalue weighted by Crippen LogP contribution is -2.59. The van der Waals surface area contributed by atoms with Crippen LogP contribution in [0.5, 0.6) is 0 Å². The molecule has 0 spiro atoms. The Labute approximate surface area is 154 Å². The predicted molar refractivity (Wildman–Crippen MR) is 94.2 cm³/mol.